The van der Waals surface area contributed by atoms with E-state index in [2.05, 4.69) is 54.9 Å². The smallest absolute Gasteiger partial charge is 0.228 e. The Morgan fingerprint density at radius 2 is 2.17 bits per heavy atom. The summed E-state index contributed by atoms with van der Waals surface area (Å²) in [5.74, 6) is 0.359. The number of hydrogen-bond acceptors (Lipinski definition) is 4. The molecule has 1 N–H and O–H groups in total. The zero-order valence-corrected chi connectivity index (χ0v) is 15.7. The van der Waals surface area contributed by atoms with E-state index in [1.807, 2.05) is 12.1 Å². The average Bonchev–Trinajstić information content (AvgIpc) is 2.80. The van der Waals surface area contributed by atoms with Crippen LogP contribution < -0.4 is 5.32 Å². The number of hydrogen-bond donors (Lipinski definition) is 1. The maximum atomic E-state index is 12.3. The van der Waals surface area contributed by atoms with Crippen LogP contribution in [0.2, 0.25) is 0 Å². The first kappa shape index (κ1) is 17.2. The Morgan fingerprint density at radius 3 is 2.75 bits per heavy atom. The summed E-state index contributed by atoms with van der Waals surface area (Å²) >= 11 is 1.64. The number of anilines is 1. The van der Waals surface area contributed by atoms with Crippen molar-refractivity contribution < 1.29 is 4.79 Å². The third-order valence-corrected chi connectivity index (χ3v) is 5.87. The van der Waals surface area contributed by atoms with Crippen LogP contribution in [0.25, 0.3) is 0 Å². The minimum absolute atomic E-state index is 0.173. The van der Waals surface area contributed by atoms with Gasteiger partial charge in [0.25, 0.3) is 0 Å². The number of nitrogens with zero attached hydrogens (tertiary/aromatic N) is 2. The number of thiophene rings is 1. The molecule has 5 heteroatoms. The van der Waals surface area contributed by atoms with Gasteiger partial charge in [0, 0.05) is 41.5 Å². The van der Waals surface area contributed by atoms with Gasteiger partial charge in [-0.25, -0.2) is 0 Å². The van der Waals surface area contributed by atoms with Crippen LogP contribution in [-0.2, 0) is 4.79 Å². The number of carbonyl (C=O) groups excluding carboxylic acids is 1. The first-order valence-electron chi connectivity index (χ1n) is 8.49. The van der Waals surface area contributed by atoms with Crippen LogP contribution >= 0.6 is 11.3 Å². The summed E-state index contributed by atoms with van der Waals surface area (Å²) in [4.78, 5) is 18.0. The van der Waals surface area contributed by atoms with E-state index in [1.165, 1.54) is 4.88 Å². The van der Waals surface area contributed by atoms with Crippen LogP contribution in [0, 0.1) is 18.3 Å². The molecule has 1 aliphatic carbocycles. The number of likely N-dealkylation sites (N-methyl/N-ethyl adjacent to an activating group) is 1. The van der Waals surface area contributed by atoms with Crippen LogP contribution in [0.3, 0.4) is 0 Å². The van der Waals surface area contributed by atoms with E-state index in [0.717, 1.165) is 43.2 Å². The van der Waals surface area contributed by atoms with E-state index in [1.54, 1.807) is 11.3 Å². The zero-order chi connectivity index (χ0) is 17.3. The van der Waals surface area contributed by atoms with E-state index in [-0.39, 0.29) is 11.8 Å². The maximum Gasteiger partial charge on any atom is 0.228 e. The first-order valence-corrected chi connectivity index (χ1v) is 9.31. The zero-order valence-electron chi connectivity index (χ0n) is 14.8. The SMILES string of the molecule is C=C(/C=C/CN(C)C)N1CC2(CC(C(=O)Nc3ccc(C)s3)C2)C1. The molecule has 1 aliphatic heterocycles. The van der Waals surface area contributed by atoms with E-state index >= 15 is 0 Å². The Balaban J connectivity index is 1.40. The summed E-state index contributed by atoms with van der Waals surface area (Å²) in [6.45, 7) is 9.23. The van der Waals surface area contributed by atoms with E-state index < -0.39 is 0 Å². The van der Waals surface area contributed by atoms with Crippen LogP contribution in [0.1, 0.15) is 17.7 Å². The van der Waals surface area contributed by atoms with E-state index in [0.29, 0.717) is 5.41 Å². The summed E-state index contributed by atoms with van der Waals surface area (Å²) < 4.78 is 0. The molecule has 130 valence electrons. The van der Waals surface area contributed by atoms with Crippen molar-refractivity contribution in [3.05, 3.63) is 41.4 Å². The van der Waals surface area contributed by atoms with Gasteiger partial charge in [0.1, 0.15) is 0 Å². The molecule has 2 fully saturated rings. The number of rotatable bonds is 6. The highest BCUT2D eigenvalue weighted by Gasteiger charge is 2.54. The Bertz CT molecular complexity index is 647. The van der Waals surface area contributed by atoms with Crippen molar-refractivity contribution in [2.24, 2.45) is 11.3 Å². The third-order valence-electron chi connectivity index (χ3n) is 4.96. The lowest BCUT2D eigenvalue weighted by Crippen LogP contribution is -2.62. The lowest BCUT2D eigenvalue weighted by molar-refractivity contribution is -0.136. The topological polar surface area (TPSA) is 35.6 Å². The number of likely N-dealkylation sites (tertiary alicyclic amines) is 1. The second-order valence-corrected chi connectivity index (χ2v) is 8.80. The summed E-state index contributed by atoms with van der Waals surface area (Å²) in [5, 5.41) is 4.02. The fraction of sp³-hybridized carbons (Fsp3) is 0.526. The van der Waals surface area contributed by atoms with Crippen molar-refractivity contribution in [2.75, 3.05) is 39.0 Å². The van der Waals surface area contributed by atoms with Gasteiger partial charge in [-0.1, -0.05) is 12.7 Å². The van der Waals surface area contributed by atoms with Crippen molar-refractivity contribution >= 4 is 22.2 Å². The summed E-state index contributed by atoms with van der Waals surface area (Å²) in [5.41, 5.74) is 1.44. The lowest BCUT2D eigenvalue weighted by atomic mass is 9.57. The number of nitrogens with one attached hydrogen (secondary N) is 1. The monoisotopic (exact) mass is 345 g/mol. The fourth-order valence-electron chi connectivity index (χ4n) is 3.63. The Labute approximate surface area is 148 Å². The van der Waals surface area contributed by atoms with Crippen molar-refractivity contribution in [2.45, 2.75) is 19.8 Å². The molecule has 4 nitrogen and oxygen atoms in total. The molecule has 1 aromatic heterocycles. The first-order chi connectivity index (χ1) is 11.4. The van der Waals surface area contributed by atoms with Gasteiger partial charge in [0.15, 0.2) is 0 Å². The highest BCUT2D eigenvalue weighted by atomic mass is 32.1. The quantitative estimate of drug-likeness (QED) is 0.803. The lowest BCUT2D eigenvalue weighted by Gasteiger charge is -2.59. The van der Waals surface area contributed by atoms with Gasteiger partial charge in [-0.05, 0) is 52.1 Å². The van der Waals surface area contributed by atoms with Gasteiger partial charge in [-0.2, -0.15) is 0 Å². The van der Waals surface area contributed by atoms with Gasteiger partial charge in [-0.15, -0.1) is 11.3 Å². The largest absolute Gasteiger partial charge is 0.371 e. The fourth-order valence-corrected chi connectivity index (χ4v) is 4.40. The molecule has 0 atom stereocenters. The molecule has 1 spiro atoms. The van der Waals surface area contributed by atoms with Crippen molar-refractivity contribution in [1.82, 2.24) is 9.80 Å². The highest BCUT2D eigenvalue weighted by molar-refractivity contribution is 7.16. The number of allylic oxidation sites excluding steroid dienone is 1. The molecular formula is C19H27N3OS. The Kier molecular flexibility index (Phi) is 4.83. The van der Waals surface area contributed by atoms with Gasteiger partial charge in [0.2, 0.25) is 5.91 Å². The van der Waals surface area contributed by atoms with Gasteiger partial charge in [-0.3, -0.25) is 4.79 Å². The second-order valence-electron chi connectivity index (χ2n) is 7.52. The molecule has 2 aliphatic rings. The standard InChI is InChI=1S/C19H27N3OS/c1-14(6-5-9-21(3)4)22-12-19(13-22)10-16(11-19)18(23)20-17-8-7-15(2)24-17/h5-8,16H,1,9-13H2,2-4H3,(H,20,23)/b6-5+. The predicted molar refractivity (Wildman–Crippen MR) is 101 cm³/mol. The number of aryl methyl sites for hydroxylation is 1. The maximum absolute atomic E-state index is 12.3. The molecule has 1 amide bonds. The van der Waals surface area contributed by atoms with Crippen LogP contribution in [-0.4, -0.2) is 49.4 Å². The summed E-state index contributed by atoms with van der Waals surface area (Å²) in [6.07, 6.45) is 6.27. The minimum atomic E-state index is 0.173. The van der Waals surface area contributed by atoms with Crippen molar-refractivity contribution in [1.29, 1.82) is 0 Å². The Hall–Kier alpha value is -1.59. The predicted octanol–water partition coefficient (Wildman–Crippen LogP) is 3.34. The molecule has 24 heavy (non-hydrogen) atoms. The average molecular weight is 346 g/mol. The molecule has 1 aromatic rings. The van der Waals surface area contributed by atoms with Crippen LogP contribution in [0.4, 0.5) is 5.00 Å². The van der Waals surface area contributed by atoms with Gasteiger partial charge >= 0.3 is 0 Å². The highest BCUT2D eigenvalue weighted by Crippen LogP contribution is 2.53. The molecule has 0 bridgehead atoms. The summed E-state index contributed by atoms with van der Waals surface area (Å²) in [6, 6.07) is 4.03. The molecule has 0 unspecified atom stereocenters. The molecule has 0 aromatic carbocycles. The van der Waals surface area contributed by atoms with Crippen LogP contribution in [0.15, 0.2) is 36.6 Å². The molecule has 1 saturated carbocycles. The van der Waals surface area contributed by atoms with Crippen molar-refractivity contribution in [3.8, 4) is 0 Å². The molecule has 3 rings (SSSR count). The van der Waals surface area contributed by atoms with Gasteiger partial charge in [0.05, 0.1) is 5.00 Å². The van der Waals surface area contributed by atoms with Crippen LogP contribution in [0.5, 0.6) is 0 Å². The van der Waals surface area contributed by atoms with Gasteiger partial charge < -0.3 is 15.1 Å². The molecule has 2 heterocycles. The third kappa shape index (κ3) is 3.73. The molecule has 0 radical (unpaired) electrons. The normalized spacial score (nSPS) is 19.6. The summed E-state index contributed by atoms with van der Waals surface area (Å²) in [7, 11) is 4.12. The van der Waals surface area contributed by atoms with E-state index in [4.69, 9.17) is 0 Å². The van der Waals surface area contributed by atoms with Crippen molar-refractivity contribution in [3.63, 3.8) is 0 Å². The van der Waals surface area contributed by atoms with E-state index in [9.17, 15) is 4.79 Å². The number of carbonyl (C=O) groups is 1. The minimum Gasteiger partial charge on any atom is -0.371 e. The second kappa shape index (κ2) is 6.73. The number of amides is 1. The molecular weight excluding hydrogens is 318 g/mol. The molecule has 1 saturated heterocycles. The Morgan fingerprint density at radius 1 is 1.46 bits per heavy atom.